The molecule has 0 spiro atoms. The molecule has 0 saturated carbocycles. The Morgan fingerprint density at radius 2 is 2.28 bits per heavy atom. The van der Waals surface area contributed by atoms with E-state index < -0.39 is 4.92 Å². The van der Waals surface area contributed by atoms with Gasteiger partial charge >= 0.3 is 0 Å². The molecule has 6 heteroatoms. The third kappa shape index (κ3) is 2.31. The molecule has 0 aromatic heterocycles. The van der Waals surface area contributed by atoms with Gasteiger partial charge in [-0.25, -0.2) is 0 Å². The van der Waals surface area contributed by atoms with Crippen LogP contribution >= 0.6 is 11.6 Å². The number of benzene rings is 1. The minimum absolute atomic E-state index is 0.00211. The van der Waals surface area contributed by atoms with Gasteiger partial charge in [-0.2, -0.15) is 0 Å². The molecular formula is C12H13ClN2O3. The van der Waals surface area contributed by atoms with E-state index in [1.54, 1.807) is 11.0 Å². The van der Waals surface area contributed by atoms with Crippen LogP contribution in [0.2, 0.25) is 0 Å². The maximum absolute atomic E-state index is 11.9. The summed E-state index contributed by atoms with van der Waals surface area (Å²) in [6, 6.07) is 4.55. The quantitative estimate of drug-likeness (QED) is 0.481. The van der Waals surface area contributed by atoms with Crippen LogP contribution in [0.5, 0.6) is 0 Å². The third-order valence-electron chi connectivity index (χ3n) is 3.12. The van der Waals surface area contributed by atoms with Gasteiger partial charge < -0.3 is 4.90 Å². The number of rotatable bonds is 3. The van der Waals surface area contributed by atoms with Crippen molar-refractivity contribution in [3.63, 3.8) is 0 Å². The molecule has 5 nitrogen and oxygen atoms in total. The summed E-state index contributed by atoms with van der Waals surface area (Å²) in [5, 5.41) is 10.8. The molecule has 18 heavy (non-hydrogen) atoms. The molecule has 1 atom stereocenters. The van der Waals surface area contributed by atoms with Crippen molar-refractivity contribution in [3.05, 3.63) is 33.9 Å². The van der Waals surface area contributed by atoms with Gasteiger partial charge in [0.25, 0.3) is 5.69 Å². The van der Waals surface area contributed by atoms with E-state index in [4.69, 9.17) is 11.6 Å². The average molecular weight is 269 g/mol. The van der Waals surface area contributed by atoms with Crippen LogP contribution < -0.4 is 4.90 Å². The van der Waals surface area contributed by atoms with Crippen LogP contribution in [0.15, 0.2) is 18.2 Å². The molecule has 0 N–H and O–H groups in total. The van der Waals surface area contributed by atoms with Crippen LogP contribution in [0.4, 0.5) is 11.4 Å². The molecule has 1 unspecified atom stereocenters. The number of non-ortho nitro benzene ring substituents is 1. The molecule has 0 bridgehead atoms. The van der Waals surface area contributed by atoms with Crippen LogP contribution in [-0.2, 0) is 4.79 Å². The molecule has 1 aliphatic heterocycles. The van der Waals surface area contributed by atoms with Gasteiger partial charge in [-0.1, -0.05) is 6.07 Å². The lowest BCUT2D eigenvalue weighted by Gasteiger charge is -2.18. The first-order chi connectivity index (χ1) is 8.52. The first-order valence-corrected chi connectivity index (χ1v) is 6.17. The molecule has 0 aliphatic carbocycles. The van der Waals surface area contributed by atoms with E-state index in [2.05, 4.69) is 0 Å². The number of nitro benzene ring substituents is 1. The third-order valence-corrected chi connectivity index (χ3v) is 3.55. The van der Waals surface area contributed by atoms with Gasteiger partial charge in [0.05, 0.1) is 10.6 Å². The van der Waals surface area contributed by atoms with E-state index in [1.807, 2.05) is 6.92 Å². The predicted molar refractivity (Wildman–Crippen MR) is 69.0 cm³/mol. The summed E-state index contributed by atoms with van der Waals surface area (Å²) in [5.74, 6) is 0.526. The summed E-state index contributed by atoms with van der Waals surface area (Å²) in [6.07, 6.45) is 0.408. The number of alkyl halides is 1. The first-order valence-electron chi connectivity index (χ1n) is 5.64. The summed E-state index contributed by atoms with van der Waals surface area (Å²) in [6.45, 7) is 2.37. The molecule has 1 aliphatic rings. The highest BCUT2D eigenvalue weighted by Gasteiger charge is 2.31. The Morgan fingerprint density at radius 1 is 1.56 bits per heavy atom. The van der Waals surface area contributed by atoms with E-state index >= 15 is 0 Å². The highest BCUT2D eigenvalue weighted by molar-refractivity contribution is 6.18. The van der Waals surface area contributed by atoms with Crippen molar-refractivity contribution in [2.24, 2.45) is 5.92 Å². The normalized spacial score (nSPS) is 19.3. The number of amides is 1. The number of hydrogen-bond donors (Lipinski definition) is 0. The van der Waals surface area contributed by atoms with E-state index in [9.17, 15) is 14.9 Å². The number of nitro groups is 1. The van der Waals surface area contributed by atoms with Gasteiger partial charge in [0.2, 0.25) is 5.91 Å². The highest BCUT2D eigenvalue weighted by atomic mass is 35.5. The fraction of sp³-hybridized carbons (Fsp3) is 0.417. The molecule has 1 heterocycles. The Kier molecular flexibility index (Phi) is 3.52. The zero-order chi connectivity index (χ0) is 13.3. The van der Waals surface area contributed by atoms with Gasteiger partial charge in [-0.05, 0) is 18.4 Å². The fourth-order valence-electron chi connectivity index (χ4n) is 2.12. The first kappa shape index (κ1) is 12.8. The minimum atomic E-state index is -0.456. The lowest BCUT2D eigenvalue weighted by Crippen LogP contribution is -2.25. The second kappa shape index (κ2) is 4.94. The summed E-state index contributed by atoms with van der Waals surface area (Å²) in [4.78, 5) is 23.8. The van der Waals surface area contributed by atoms with Crippen molar-refractivity contribution < 1.29 is 9.72 Å². The monoisotopic (exact) mass is 268 g/mol. The number of aryl methyl sites for hydroxylation is 1. The maximum atomic E-state index is 11.9. The smallest absolute Gasteiger partial charge is 0.271 e. The van der Waals surface area contributed by atoms with Gasteiger partial charge in [0.1, 0.15) is 0 Å². The summed E-state index contributed by atoms with van der Waals surface area (Å²) in [5.41, 5.74) is 1.46. The van der Waals surface area contributed by atoms with Crippen molar-refractivity contribution in [2.45, 2.75) is 13.3 Å². The minimum Gasteiger partial charge on any atom is -0.312 e. The van der Waals surface area contributed by atoms with E-state index in [0.29, 0.717) is 24.5 Å². The van der Waals surface area contributed by atoms with E-state index in [-0.39, 0.29) is 17.5 Å². The van der Waals surface area contributed by atoms with Gasteiger partial charge in [-0.15, -0.1) is 11.6 Å². The second-order valence-electron chi connectivity index (χ2n) is 4.46. The SMILES string of the molecule is Cc1ccc([N+](=O)[O-])cc1N1CC(CCl)CC1=O. The van der Waals surface area contributed by atoms with E-state index in [0.717, 1.165) is 5.56 Å². The van der Waals surface area contributed by atoms with Crippen molar-refractivity contribution in [1.29, 1.82) is 0 Å². The van der Waals surface area contributed by atoms with Gasteiger partial charge in [0.15, 0.2) is 0 Å². The lowest BCUT2D eigenvalue weighted by molar-refractivity contribution is -0.384. The number of nitrogens with zero attached hydrogens (tertiary/aromatic N) is 2. The van der Waals surface area contributed by atoms with Crippen molar-refractivity contribution in [3.8, 4) is 0 Å². The molecule has 1 saturated heterocycles. The Bertz CT molecular complexity index is 504. The zero-order valence-corrected chi connectivity index (χ0v) is 10.7. The Hall–Kier alpha value is -1.62. The molecule has 0 radical (unpaired) electrons. The van der Waals surface area contributed by atoms with Gasteiger partial charge in [0, 0.05) is 31.0 Å². The molecular weight excluding hydrogens is 256 g/mol. The number of carbonyl (C=O) groups excluding carboxylic acids is 1. The fourth-order valence-corrected chi connectivity index (χ4v) is 2.33. The number of anilines is 1. The Balaban J connectivity index is 2.35. The Morgan fingerprint density at radius 3 is 2.83 bits per heavy atom. The van der Waals surface area contributed by atoms with Gasteiger partial charge in [-0.3, -0.25) is 14.9 Å². The standard InChI is InChI=1S/C12H13ClN2O3/c1-8-2-3-10(15(17)18)5-11(8)14-7-9(6-13)4-12(14)16/h2-3,5,9H,4,6-7H2,1H3. The van der Waals surface area contributed by atoms with Crippen LogP contribution in [0.25, 0.3) is 0 Å². The van der Waals surface area contributed by atoms with Crippen LogP contribution in [0.1, 0.15) is 12.0 Å². The summed E-state index contributed by atoms with van der Waals surface area (Å²) < 4.78 is 0. The largest absolute Gasteiger partial charge is 0.312 e. The van der Waals surface area contributed by atoms with Crippen LogP contribution in [0, 0.1) is 23.0 Å². The van der Waals surface area contributed by atoms with Crippen molar-refractivity contribution in [2.75, 3.05) is 17.3 Å². The highest BCUT2D eigenvalue weighted by Crippen LogP contribution is 2.31. The number of halogens is 1. The number of carbonyl (C=O) groups is 1. The van der Waals surface area contributed by atoms with E-state index in [1.165, 1.54) is 12.1 Å². The topological polar surface area (TPSA) is 63.5 Å². The summed E-state index contributed by atoms with van der Waals surface area (Å²) >= 11 is 5.76. The van der Waals surface area contributed by atoms with Crippen molar-refractivity contribution in [1.82, 2.24) is 0 Å². The van der Waals surface area contributed by atoms with Crippen molar-refractivity contribution >= 4 is 28.9 Å². The molecule has 1 fully saturated rings. The number of hydrogen-bond acceptors (Lipinski definition) is 3. The molecule has 1 amide bonds. The average Bonchev–Trinajstić information content (AvgIpc) is 2.71. The molecule has 1 aromatic carbocycles. The summed E-state index contributed by atoms with van der Waals surface area (Å²) in [7, 11) is 0. The van der Waals surface area contributed by atoms with Crippen LogP contribution in [0.3, 0.4) is 0 Å². The second-order valence-corrected chi connectivity index (χ2v) is 4.77. The lowest BCUT2D eigenvalue weighted by atomic mass is 10.1. The molecule has 96 valence electrons. The molecule has 1 aromatic rings. The maximum Gasteiger partial charge on any atom is 0.271 e. The predicted octanol–water partition coefficient (Wildman–Crippen LogP) is 2.49. The molecule has 2 rings (SSSR count). The van der Waals surface area contributed by atoms with Crippen LogP contribution in [-0.4, -0.2) is 23.3 Å². The zero-order valence-electron chi connectivity index (χ0n) is 9.93. The Labute approximate surface area is 109 Å².